The summed E-state index contributed by atoms with van der Waals surface area (Å²) >= 11 is 0. The first kappa shape index (κ1) is 12.4. The Morgan fingerprint density at radius 1 is 1.50 bits per heavy atom. The van der Waals surface area contributed by atoms with E-state index in [1.54, 1.807) is 19.2 Å². The standard InChI is InChI=1S/C11H16N2O3/c1-3-6-16-8-9-4-5-10(12-2)11(7-9)13(14)15/h4-5,7,12H,3,6,8H2,1-2H3. The van der Waals surface area contributed by atoms with Gasteiger partial charge in [-0.25, -0.2) is 0 Å². The van der Waals surface area contributed by atoms with E-state index < -0.39 is 4.92 Å². The maximum absolute atomic E-state index is 10.8. The van der Waals surface area contributed by atoms with Crippen LogP contribution < -0.4 is 5.32 Å². The van der Waals surface area contributed by atoms with E-state index in [1.807, 2.05) is 13.0 Å². The molecule has 1 aromatic carbocycles. The molecule has 88 valence electrons. The lowest BCUT2D eigenvalue weighted by atomic mass is 10.2. The first-order chi connectivity index (χ1) is 7.69. The minimum atomic E-state index is -0.394. The molecule has 0 spiro atoms. The molecular formula is C11H16N2O3. The Hall–Kier alpha value is -1.62. The molecule has 0 aromatic heterocycles. The number of hydrogen-bond donors (Lipinski definition) is 1. The largest absolute Gasteiger partial charge is 0.383 e. The van der Waals surface area contributed by atoms with Crippen molar-refractivity contribution in [2.24, 2.45) is 0 Å². The number of anilines is 1. The van der Waals surface area contributed by atoms with Crippen LogP contribution in [0.2, 0.25) is 0 Å². The van der Waals surface area contributed by atoms with Crippen LogP contribution in [0.3, 0.4) is 0 Å². The van der Waals surface area contributed by atoms with Gasteiger partial charge in [-0.3, -0.25) is 10.1 Å². The van der Waals surface area contributed by atoms with Gasteiger partial charge in [0.05, 0.1) is 11.5 Å². The van der Waals surface area contributed by atoms with Gasteiger partial charge in [-0.2, -0.15) is 0 Å². The molecule has 16 heavy (non-hydrogen) atoms. The molecule has 1 aromatic rings. The molecule has 0 fully saturated rings. The number of ether oxygens (including phenoxy) is 1. The van der Waals surface area contributed by atoms with Crippen molar-refractivity contribution in [2.75, 3.05) is 19.0 Å². The van der Waals surface area contributed by atoms with Gasteiger partial charge in [-0.15, -0.1) is 0 Å². The van der Waals surface area contributed by atoms with Crippen LogP contribution >= 0.6 is 0 Å². The van der Waals surface area contributed by atoms with Crippen LogP contribution in [-0.4, -0.2) is 18.6 Å². The number of nitrogens with zero attached hydrogens (tertiary/aromatic N) is 1. The first-order valence-corrected chi connectivity index (χ1v) is 5.21. The highest BCUT2D eigenvalue weighted by Crippen LogP contribution is 2.25. The SMILES string of the molecule is CCCOCc1ccc(NC)c([N+](=O)[O-])c1. The molecule has 0 saturated heterocycles. The van der Waals surface area contributed by atoms with Crippen molar-refractivity contribution in [3.63, 3.8) is 0 Å². The predicted molar refractivity (Wildman–Crippen MR) is 62.6 cm³/mol. The Labute approximate surface area is 94.6 Å². The van der Waals surface area contributed by atoms with E-state index in [0.717, 1.165) is 12.0 Å². The number of nitro benzene ring substituents is 1. The number of hydrogen-bond acceptors (Lipinski definition) is 4. The maximum atomic E-state index is 10.8. The minimum absolute atomic E-state index is 0.0834. The Morgan fingerprint density at radius 3 is 2.81 bits per heavy atom. The van der Waals surface area contributed by atoms with Crippen LogP contribution in [0.15, 0.2) is 18.2 Å². The molecule has 5 heteroatoms. The summed E-state index contributed by atoms with van der Waals surface area (Å²) in [6.45, 7) is 3.10. The summed E-state index contributed by atoms with van der Waals surface area (Å²) in [4.78, 5) is 10.4. The molecule has 0 heterocycles. The Morgan fingerprint density at radius 2 is 2.25 bits per heavy atom. The molecule has 0 unspecified atom stereocenters. The summed E-state index contributed by atoms with van der Waals surface area (Å²) in [5, 5.41) is 13.6. The lowest BCUT2D eigenvalue weighted by molar-refractivity contribution is -0.384. The third-order valence-electron chi connectivity index (χ3n) is 2.15. The normalized spacial score (nSPS) is 10.1. The van der Waals surface area contributed by atoms with E-state index >= 15 is 0 Å². The summed E-state index contributed by atoms with van der Waals surface area (Å²) in [6.07, 6.45) is 0.941. The summed E-state index contributed by atoms with van der Waals surface area (Å²) in [5.41, 5.74) is 1.42. The predicted octanol–water partition coefficient (Wildman–Crippen LogP) is 2.56. The van der Waals surface area contributed by atoms with Crippen LogP contribution in [0.4, 0.5) is 11.4 Å². The zero-order chi connectivity index (χ0) is 12.0. The summed E-state index contributed by atoms with van der Waals surface area (Å²) in [6, 6.07) is 5.07. The van der Waals surface area contributed by atoms with Crippen molar-refractivity contribution in [2.45, 2.75) is 20.0 Å². The van der Waals surface area contributed by atoms with Crippen LogP contribution in [0.1, 0.15) is 18.9 Å². The van der Waals surface area contributed by atoms with Gasteiger partial charge in [0.15, 0.2) is 0 Å². The molecule has 0 aliphatic carbocycles. The zero-order valence-corrected chi connectivity index (χ0v) is 9.53. The summed E-state index contributed by atoms with van der Waals surface area (Å²) < 4.78 is 5.33. The highest BCUT2D eigenvalue weighted by Gasteiger charge is 2.13. The van der Waals surface area contributed by atoms with Gasteiger partial charge in [0.1, 0.15) is 5.69 Å². The third-order valence-corrected chi connectivity index (χ3v) is 2.15. The average molecular weight is 224 g/mol. The molecule has 1 rings (SSSR count). The quantitative estimate of drug-likeness (QED) is 0.458. The van der Waals surface area contributed by atoms with Crippen molar-refractivity contribution in [3.8, 4) is 0 Å². The van der Waals surface area contributed by atoms with Crippen molar-refractivity contribution in [3.05, 3.63) is 33.9 Å². The minimum Gasteiger partial charge on any atom is -0.383 e. The zero-order valence-electron chi connectivity index (χ0n) is 9.53. The van der Waals surface area contributed by atoms with Gasteiger partial charge >= 0.3 is 0 Å². The van der Waals surface area contributed by atoms with Gasteiger partial charge in [0.25, 0.3) is 5.69 Å². The maximum Gasteiger partial charge on any atom is 0.292 e. The van der Waals surface area contributed by atoms with Gasteiger partial charge in [0, 0.05) is 19.7 Å². The Bertz CT molecular complexity index is 366. The highest BCUT2D eigenvalue weighted by molar-refractivity contribution is 5.62. The molecule has 5 nitrogen and oxygen atoms in total. The Balaban J connectivity index is 2.81. The Kier molecular flexibility index (Phi) is 4.72. The van der Waals surface area contributed by atoms with E-state index in [2.05, 4.69) is 5.32 Å². The van der Waals surface area contributed by atoms with E-state index in [1.165, 1.54) is 0 Å². The third kappa shape index (κ3) is 3.20. The second kappa shape index (κ2) is 6.07. The van der Waals surface area contributed by atoms with Crippen LogP contribution in [0.25, 0.3) is 0 Å². The molecule has 0 radical (unpaired) electrons. The molecule has 1 N–H and O–H groups in total. The second-order valence-electron chi connectivity index (χ2n) is 3.41. The number of rotatable bonds is 6. The fraction of sp³-hybridized carbons (Fsp3) is 0.455. The van der Waals surface area contributed by atoms with Gasteiger partial charge in [-0.1, -0.05) is 13.0 Å². The fourth-order valence-corrected chi connectivity index (χ4v) is 1.36. The highest BCUT2D eigenvalue weighted by atomic mass is 16.6. The topological polar surface area (TPSA) is 64.4 Å². The lowest BCUT2D eigenvalue weighted by Crippen LogP contribution is -1.99. The van der Waals surface area contributed by atoms with Crippen LogP contribution in [0.5, 0.6) is 0 Å². The van der Waals surface area contributed by atoms with Crippen molar-refractivity contribution < 1.29 is 9.66 Å². The van der Waals surface area contributed by atoms with Crippen molar-refractivity contribution in [1.82, 2.24) is 0 Å². The lowest BCUT2D eigenvalue weighted by Gasteiger charge is -2.05. The summed E-state index contributed by atoms with van der Waals surface area (Å²) in [5.74, 6) is 0. The second-order valence-corrected chi connectivity index (χ2v) is 3.41. The number of nitro groups is 1. The smallest absolute Gasteiger partial charge is 0.292 e. The van der Waals surface area contributed by atoms with E-state index in [-0.39, 0.29) is 5.69 Å². The summed E-state index contributed by atoms with van der Waals surface area (Å²) in [7, 11) is 1.66. The fourth-order valence-electron chi connectivity index (χ4n) is 1.36. The first-order valence-electron chi connectivity index (χ1n) is 5.21. The van der Waals surface area contributed by atoms with E-state index in [9.17, 15) is 10.1 Å². The molecule has 0 bridgehead atoms. The van der Waals surface area contributed by atoms with Gasteiger partial charge in [0.2, 0.25) is 0 Å². The number of benzene rings is 1. The molecule has 0 amide bonds. The van der Waals surface area contributed by atoms with Gasteiger partial charge in [-0.05, 0) is 18.1 Å². The van der Waals surface area contributed by atoms with E-state index in [4.69, 9.17) is 4.74 Å². The molecular weight excluding hydrogens is 208 g/mol. The number of nitrogens with one attached hydrogen (secondary N) is 1. The van der Waals surface area contributed by atoms with Gasteiger partial charge < -0.3 is 10.1 Å². The van der Waals surface area contributed by atoms with E-state index in [0.29, 0.717) is 18.9 Å². The molecule has 0 aliphatic heterocycles. The van der Waals surface area contributed by atoms with Crippen molar-refractivity contribution >= 4 is 11.4 Å². The monoisotopic (exact) mass is 224 g/mol. The molecule has 0 aliphatic rings. The molecule has 0 saturated carbocycles. The van der Waals surface area contributed by atoms with Crippen LogP contribution in [-0.2, 0) is 11.3 Å². The van der Waals surface area contributed by atoms with Crippen molar-refractivity contribution in [1.29, 1.82) is 0 Å². The molecule has 0 atom stereocenters. The van der Waals surface area contributed by atoms with Crippen LogP contribution in [0, 0.1) is 10.1 Å². The average Bonchev–Trinajstić information content (AvgIpc) is 2.29.